The first kappa shape index (κ1) is 23.8. The number of ether oxygens (including phenoxy) is 1. The highest BCUT2D eigenvalue weighted by Crippen LogP contribution is 2.38. The van der Waals surface area contributed by atoms with E-state index >= 15 is 4.39 Å². The second-order valence-corrected chi connectivity index (χ2v) is 9.11. The van der Waals surface area contributed by atoms with Crippen LogP contribution in [0.2, 0.25) is 0 Å². The Hall–Kier alpha value is -3.94. The first-order chi connectivity index (χ1) is 17.5. The Morgan fingerprint density at radius 1 is 1.08 bits per heavy atom. The van der Waals surface area contributed by atoms with Crippen LogP contribution in [0.15, 0.2) is 59.5 Å². The van der Waals surface area contributed by atoms with Crippen molar-refractivity contribution >= 4 is 34.5 Å². The smallest absolute Gasteiger partial charge is 0.343 e. The van der Waals surface area contributed by atoms with Crippen molar-refractivity contribution in [3.63, 3.8) is 0 Å². The largest absolute Gasteiger partial charge is 0.462 e. The molecule has 1 aliphatic heterocycles. The first-order valence-corrected chi connectivity index (χ1v) is 12.3. The average molecular weight is 490 g/mol. The number of hydrogen-bond acceptors (Lipinski definition) is 5. The van der Waals surface area contributed by atoms with Crippen LogP contribution < -0.4 is 10.3 Å². The zero-order valence-corrected chi connectivity index (χ0v) is 20.2. The fourth-order valence-corrected chi connectivity index (χ4v) is 4.61. The molecule has 2 aromatic carbocycles. The second kappa shape index (κ2) is 9.97. The van der Waals surface area contributed by atoms with Crippen LogP contribution in [0.3, 0.4) is 0 Å². The highest BCUT2D eigenvalue weighted by atomic mass is 19.1. The zero-order valence-electron chi connectivity index (χ0n) is 20.2. The molecular formula is C28H28FN3O4. The number of benzene rings is 2. The minimum absolute atomic E-state index is 0.0703. The Morgan fingerprint density at radius 3 is 2.47 bits per heavy atom. The van der Waals surface area contributed by atoms with E-state index in [1.807, 2.05) is 39.8 Å². The summed E-state index contributed by atoms with van der Waals surface area (Å²) >= 11 is 0. The Labute approximate surface area is 208 Å². The number of fused-ring (bicyclic) bond motifs is 1. The van der Waals surface area contributed by atoms with Gasteiger partial charge in [-0.2, -0.15) is 0 Å². The molecule has 0 unspecified atom stereocenters. The number of hydrogen-bond donors (Lipinski definition) is 0. The molecule has 1 aromatic heterocycles. The molecule has 8 heteroatoms. The molecule has 1 amide bonds. The molecular weight excluding hydrogens is 461 g/mol. The number of halogens is 1. The van der Waals surface area contributed by atoms with Crippen molar-refractivity contribution in [1.82, 2.24) is 9.47 Å². The number of nitrogens with zero attached hydrogens (tertiary/aromatic N) is 3. The van der Waals surface area contributed by atoms with Gasteiger partial charge in [0.25, 0.3) is 0 Å². The van der Waals surface area contributed by atoms with Gasteiger partial charge in [-0.15, -0.1) is 0 Å². The van der Waals surface area contributed by atoms with Crippen LogP contribution in [-0.2, 0) is 9.53 Å². The maximum atomic E-state index is 15.3. The number of carbonyl (C=O) groups is 2. The molecule has 3 aromatic rings. The second-order valence-electron chi connectivity index (χ2n) is 9.11. The average Bonchev–Trinajstić information content (AvgIpc) is 3.74. The molecule has 0 N–H and O–H groups in total. The standard InChI is InChI=1S/C28H28FN3O4/c1-2-36-28(35)22-18-32(20-9-10-20)24-17-25(23(29)16-21(24)27(22)34)30-12-14-31(15-13-30)26(33)11-8-19-6-4-3-5-7-19/h3-8,11,16-18,20H,2,9-10,12-15H2,1H3/b11-8+. The van der Waals surface area contributed by atoms with E-state index < -0.39 is 17.2 Å². The molecule has 0 spiro atoms. The van der Waals surface area contributed by atoms with Crippen molar-refractivity contribution in [2.45, 2.75) is 25.8 Å². The van der Waals surface area contributed by atoms with Crippen molar-refractivity contribution < 1.29 is 18.7 Å². The number of aromatic nitrogens is 1. The van der Waals surface area contributed by atoms with Gasteiger partial charge < -0.3 is 19.1 Å². The lowest BCUT2D eigenvalue weighted by molar-refractivity contribution is -0.126. The fourth-order valence-electron chi connectivity index (χ4n) is 4.61. The van der Waals surface area contributed by atoms with Gasteiger partial charge in [0, 0.05) is 49.9 Å². The first-order valence-electron chi connectivity index (χ1n) is 12.3. The normalized spacial score (nSPS) is 16.1. The monoisotopic (exact) mass is 489 g/mol. The maximum Gasteiger partial charge on any atom is 0.343 e. The number of esters is 1. The van der Waals surface area contributed by atoms with E-state index in [0.717, 1.165) is 18.4 Å². The quantitative estimate of drug-likeness (QED) is 0.387. The van der Waals surface area contributed by atoms with E-state index in [0.29, 0.717) is 37.4 Å². The summed E-state index contributed by atoms with van der Waals surface area (Å²) in [5.41, 5.74) is 1.37. The number of pyridine rings is 1. The molecule has 0 atom stereocenters. The Balaban J connectivity index is 1.38. The van der Waals surface area contributed by atoms with Crippen LogP contribution in [0.25, 0.3) is 17.0 Å². The minimum Gasteiger partial charge on any atom is -0.462 e. The summed E-state index contributed by atoms with van der Waals surface area (Å²) in [6, 6.07) is 12.7. The molecule has 2 heterocycles. The van der Waals surface area contributed by atoms with E-state index in [9.17, 15) is 14.4 Å². The highest BCUT2D eigenvalue weighted by molar-refractivity contribution is 5.95. The molecule has 36 heavy (non-hydrogen) atoms. The summed E-state index contributed by atoms with van der Waals surface area (Å²) in [5, 5.41) is 0.175. The number of piperazine rings is 1. The van der Waals surface area contributed by atoms with E-state index in [2.05, 4.69) is 0 Å². The van der Waals surface area contributed by atoms with Crippen molar-refractivity contribution in [2.75, 3.05) is 37.7 Å². The van der Waals surface area contributed by atoms with Crippen molar-refractivity contribution in [3.8, 4) is 0 Å². The number of anilines is 1. The third kappa shape index (κ3) is 4.76. The number of amides is 1. The van der Waals surface area contributed by atoms with Gasteiger partial charge in [0.15, 0.2) is 0 Å². The lowest BCUT2D eigenvalue weighted by Crippen LogP contribution is -2.48. The van der Waals surface area contributed by atoms with Crippen molar-refractivity contribution in [3.05, 3.63) is 81.9 Å². The molecule has 1 saturated heterocycles. The van der Waals surface area contributed by atoms with Crippen molar-refractivity contribution in [1.29, 1.82) is 0 Å². The number of carbonyl (C=O) groups excluding carboxylic acids is 2. The van der Waals surface area contributed by atoms with Crippen LogP contribution in [-0.4, -0.2) is 54.1 Å². The molecule has 1 aliphatic carbocycles. The molecule has 2 fully saturated rings. The summed E-state index contributed by atoms with van der Waals surface area (Å²) in [5.74, 6) is -1.29. The predicted octanol–water partition coefficient (Wildman–Crippen LogP) is 4.01. The number of rotatable bonds is 6. The van der Waals surface area contributed by atoms with Crippen LogP contribution in [0.4, 0.5) is 10.1 Å². The van der Waals surface area contributed by atoms with E-state index in [1.54, 1.807) is 36.2 Å². The zero-order chi connectivity index (χ0) is 25.2. The Morgan fingerprint density at radius 2 is 1.81 bits per heavy atom. The van der Waals surface area contributed by atoms with Gasteiger partial charge in [-0.05, 0) is 43.5 Å². The molecule has 1 saturated carbocycles. The molecule has 0 radical (unpaired) electrons. The fraction of sp³-hybridized carbons (Fsp3) is 0.321. The Bertz CT molecular complexity index is 1390. The molecule has 2 aliphatic rings. The molecule has 0 bridgehead atoms. The molecule has 5 rings (SSSR count). The maximum absolute atomic E-state index is 15.3. The third-order valence-corrected chi connectivity index (χ3v) is 6.69. The van der Waals surface area contributed by atoms with Gasteiger partial charge in [-0.25, -0.2) is 9.18 Å². The molecule has 7 nitrogen and oxygen atoms in total. The van der Waals surface area contributed by atoms with E-state index in [1.165, 1.54) is 6.07 Å². The lowest BCUT2D eigenvalue weighted by atomic mass is 10.1. The van der Waals surface area contributed by atoms with Crippen LogP contribution in [0.5, 0.6) is 0 Å². The van der Waals surface area contributed by atoms with Gasteiger partial charge in [0.1, 0.15) is 11.4 Å². The van der Waals surface area contributed by atoms with Crippen LogP contribution >= 0.6 is 0 Å². The SMILES string of the molecule is CCOC(=O)c1cn(C2CC2)c2cc(N3CCN(C(=O)/C=C/c4ccccc4)CC3)c(F)cc2c1=O. The van der Waals surface area contributed by atoms with Crippen molar-refractivity contribution in [2.24, 2.45) is 0 Å². The summed E-state index contributed by atoms with van der Waals surface area (Å²) in [6.07, 6.45) is 6.78. The summed E-state index contributed by atoms with van der Waals surface area (Å²) in [4.78, 5) is 41.6. The van der Waals surface area contributed by atoms with Gasteiger partial charge in [0.2, 0.25) is 11.3 Å². The summed E-state index contributed by atoms with van der Waals surface area (Å²) < 4.78 is 22.2. The lowest BCUT2D eigenvalue weighted by Gasteiger charge is -2.36. The summed E-state index contributed by atoms with van der Waals surface area (Å²) in [7, 11) is 0. The minimum atomic E-state index is -0.689. The van der Waals surface area contributed by atoms with E-state index in [-0.39, 0.29) is 29.5 Å². The molecule has 186 valence electrons. The van der Waals surface area contributed by atoms with Gasteiger partial charge in [-0.3, -0.25) is 9.59 Å². The van der Waals surface area contributed by atoms with Crippen LogP contribution in [0, 0.1) is 5.82 Å². The van der Waals surface area contributed by atoms with Crippen LogP contribution in [0.1, 0.15) is 41.7 Å². The van der Waals surface area contributed by atoms with Gasteiger partial charge in [0.05, 0.1) is 17.8 Å². The summed E-state index contributed by atoms with van der Waals surface area (Å²) in [6.45, 7) is 3.71. The van der Waals surface area contributed by atoms with Gasteiger partial charge in [-0.1, -0.05) is 30.3 Å². The topological polar surface area (TPSA) is 71.8 Å². The Kier molecular flexibility index (Phi) is 6.59. The highest BCUT2D eigenvalue weighted by Gasteiger charge is 2.29. The predicted molar refractivity (Wildman–Crippen MR) is 137 cm³/mol. The third-order valence-electron chi connectivity index (χ3n) is 6.69. The van der Waals surface area contributed by atoms with Gasteiger partial charge >= 0.3 is 5.97 Å². The van der Waals surface area contributed by atoms with E-state index in [4.69, 9.17) is 4.74 Å².